The summed E-state index contributed by atoms with van der Waals surface area (Å²) in [6.45, 7) is 9.23. The van der Waals surface area contributed by atoms with Gasteiger partial charge in [-0.1, -0.05) is 0 Å². The Balaban J connectivity index is 2.13. The van der Waals surface area contributed by atoms with Gasteiger partial charge in [0, 0.05) is 32.9 Å². The van der Waals surface area contributed by atoms with E-state index in [1.807, 2.05) is 6.92 Å². The van der Waals surface area contributed by atoms with Crippen LogP contribution in [0.15, 0.2) is 4.99 Å². The molecule has 1 heterocycles. The Hall–Kier alpha value is -0.810. The number of unbranched alkanes of at least 4 members (excludes halogenated alkanes) is 1. The predicted octanol–water partition coefficient (Wildman–Crippen LogP) is 1.54. The summed E-state index contributed by atoms with van der Waals surface area (Å²) in [4.78, 5) is 4.57. The molecule has 1 fully saturated rings. The van der Waals surface area contributed by atoms with Crippen molar-refractivity contribution in [2.24, 2.45) is 4.99 Å². The molecule has 0 spiro atoms. The molecule has 2 N–H and O–H groups in total. The van der Waals surface area contributed by atoms with Crippen LogP contribution >= 0.6 is 0 Å². The van der Waals surface area contributed by atoms with Gasteiger partial charge in [-0.05, 0) is 39.5 Å². The van der Waals surface area contributed by atoms with Crippen LogP contribution in [0.5, 0.6) is 0 Å². The van der Waals surface area contributed by atoms with Crippen molar-refractivity contribution < 1.29 is 9.47 Å². The van der Waals surface area contributed by atoms with Crippen molar-refractivity contribution in [2.75, 3.05) is 39.5 Å². The maximum atomic E-state index is 5.57. The number of nitrogens with one attached hydrogen (secondary N) is 2. The molecule has 1 atom stereocenters. The van der Waals surface area contributed by atoms with E-state index in [1.54, 1.807) is 0 Å². The zero-order valence-corrected chi connectivity index (χ0v) is 12.4. The van der Waals surface area contributed by atoms with E-state index in [9.17, 15) is 0 Å². The monoisotopic (exact) mass is 271 g/mol. The summed E-state index contributed by atoms with van der Waals surface area (Å²) >= 11 is 0. The molecule has 1 rings (SSSR count). The molecule has 0 aromatic rings. The molecule has 5 nitrogen and oxygen atoms in total. The largest absolute Gasteiger partial charge is 0.382 e. The highest BCUT2D eigenvalue weighted by Gasteiger charge is 2.14. The molecule has 0 aromatic heterocycles. The molecule has 1 unspecified atom stereocenters. The molecule has 0 aliphatic carbocycles. The van der Waals surface area contributed by atoms with Crippen LogP contribution in [0.3, 0.4) is 0 Å². The quantitative estimate of drug-likeness (QED) is 0.379. The van der Waals surface area contributed by atoms with Gasteiger partial charge in [0.2, 0.25) is 0 Å². The molecule has 0 aromatic carbocycles. The molecule has 0 bridgehead atoms. The third-order valence-corrected chi connectivity index (χ3v) is 3.03. The molecular formula is C14H29N3O2. The van der Waals surface area contributed by atoms with Crippen LogP contribution in [0.4, 0.5) is 0 Å². The molecule has 0 saturated carbocycles. The van der Waals surface area contributed by atoms with E-state index in [0.717, 1.165) is 64.7 Å². The number of hydrogen-bond donors (Lipinski definition) is 2. The summed E-state index contributed by atoms with van der Waals surface area (Å²) in [5, 5.41) is 6.61. The summed E-state index contributed by atoms with van der Waals surface area (Å²) < 4.78 is 10.9. The summed E-state index contributed by atoms with van der Waals surface area (Å²) in [6, 6.07) is 0. The van der Waals surface area contributed by atoms with Gasteiger partial charge in [-0.15, -0.1) is 0 Å². The molecule has 0 amide bonds. The van der Waals surface area contributed by atoms with Crippen LogP contribution in [0.1, 0.15) is 39.5 Å². The van der Waals surface area contributed by atoms with E-state index < -0.39 is 0 Å². The van der Waals surface area contributed by atoms with Gasteiger partial charge in [-0.25, -0.2) is 0 Å². The third-order valence-electron chi connectivity index (χ3n) is 3.03. The number of guanidine groups is 1. The Kier molecular flexibility index (Phi) is 9.45. The average molecular weight is 271 g/mol. The first-order chi connectivity index (χ1) is 9.36. The minimum absolute atomic E-state index is 0.313. The van der Waals surface area contributed by atoms with Crippen LogP contribution < -0.4 is 10.6 Å². The van der Waals surface area contributed by atoms with Crippen molar-refractivity contribution in [1.29, 1.82) is 0 Å². The smallest absolute Gasteiger partial charge is 0.191 e. The third kappa shape index (κ3) is 8.06. The molecule has 19 heavy (non-hydrogen) atoms. The highest BCUT2D eigenvalue weighted by Crippen LogP contribution is 2.11. The zero-order valence-electron chi connectivity index (χ0n) is 12.4. The van der Waals surface area contributed by atoms with Crippen molar-refractivity contribution in [1.82, 2.24) is 10.6 Å². The molecular weight excluding hydrogens is 242 g/mol. The fraction of sp³-hybridized carbons (Fsp3) is 0.929. The maximum absolute atomic E-state index is 5.57. The van der Waals surface area contributed by atoms with Crippen LogP contribution in [-0.2, 0) is 9.47 Å². The van der Waals surface area contributed by atoms with E-state index in [0.29, 0.717) is 6.10 Å². The number of nitrogens with zero attached hydrogens (tertiary/aromatic N) is 1. The van der Waals surface area contributed by atoms with E-state index in [-0.39, 0.29) is 0 Å². The topological polar surface area (TPSA) is 54.9 Å². The van der Waals surface area contributed by atoms with Gasteiger partial charge in [0.25, 0.3) is 0 Å². The summed E-state index contributed by atoms with van der Waals surface area (Å²) in [6.07, 6.45) is 4.81. The van der Waals surface area contributed by atoms with Crippen molar-refractivity contribution in [3.05, 3.63) is 0 Å². The van der Waals surface area contributed by atoms with Crippen LogP contribution in [0.2, 0.25) is 0 Å². The highest BCUT2D eigenvalue weighted by atomic mass is 16.5. The van der Waals surface area contributed by atoms with E-state index in [1.165, 1.54) is 6.42 Å². The Labute approximate surface area is 117 Å². The van der Waals surface area contributed by atoms with Gasteiger partial charge in [0.05, 0.1) is 12.6 Å². The lowest BCUT2D eigenvalue weighted by Gasteiger charge is -2.12. The Morgan fingerprint density at radius 2 is 2.21 bits per heavy atom. The summed E-state index contributed by atoms with van der Waals surface area (Å²) in [5.41, 5.74) is 0. The summed E-state index contributed by atoms with van der Waals surface area (Å²) in [7, 11) is 0. The Bertz CT molecular complexity index is 241. The van der Waals surface area contributed by atoms with E-state index in [4.69, 9.17) is 9.47 Å². The standard InChI is InChI=1S/C14H29N3O2/c1-3-15-14(16-9-5-6-10-18-4-2)17-12-13-8-7-11-19-13/h13H,3-12H2,1-2H3,(H2,15,16,17). The van der Waals surface area contributed by atoms with Gasteiger partial charge in [0.15, 0.2) is 5.96 Å². The van der Waals surface area contributed by atoms with Crippen molar-refractivity contribution >= 4 is 5.96 Å². The number of hydrogen-bond acceptors (Lipinski definition) is 3. The molecule has 0 radical (unpaired) electrons. The van der Waals surface area contributed by atoms with Gasteiger partial charge in [-0.3, -0.25) is 4.99 Å². The predicted molar refractivity (Wildman–Crippen MR) is 78.7 cm³/mol. The van der Waals surface area contributed by atoms with Crippen molar-refractivity contribution in [3.8, 4) is 0 Å². The molecule has 1 aliphatic rings. The zero-order chi connectivity index (χ0) is 13.8. The molecule has 5 heteroatoms. The fourth-order valence-corrected chi connectivity index (χ4v) is 2.00. The highest BCUT2D eigenvalue weighted by molar-refractivity contribution is 5.79. The SMILES string of the molecule is CCNC(=NCC1CCCO1)NCCCCOCC. The first-order valence-corrected chi connectivity index (χ1v) is 7.58. The first kappa shape index (κ1) is 16.2. The summed E-state index contributed by atoms with van der Waals surface area (Å²) in [5.74, 6) is 0.898. The second-order valence-electron chi connectivity index (χ2n) is 4.69. The van der Waals surface area contributed by atoms with E-state index in [2.05, 4.69) is 22.5 Å². The molecule has 1 saturated heterocycles. The van der Waals surface area contributed by atoms with Gasteiger partial charge in [0.1, 0.15) is 0 Å². The average Bonchev–Trinajstić information content (AvgIpc) is 2.93. The van der Waals surface area contributed by atoms with Gasteiger partial charge in [-0.2, -0.15) is 0 Å². The lowest BCUT2D eigenvalue weighted by atomic mass is 10.2. The minimum Gasteiger partial charge on any atom is -0.382 e. The number of rotatable bonds is 9. The van der Waals surface area contributed by atoms with Crippen LogP contribution in [0.25, 0.3) is 0 Å². The van der Waals surface area contributed by atoms with Crippen LogP contribution in [0, 0.1) is 0 Å². The second kappa shape index (κ2) is 11.1. The van der Waals surface area contributed by atoms with Crippen molar-refractivity contribution in [2.45, 2.75) is 45.6 Å². The van der Waals surface area contributed by atoms with Crippen molar-refractivity contribution in [3.63, 3.8) is 0 Å². The van der Waals surface area contributed by atoms with E-state index >= 15 is 0 Å². The molecule has 1 aliphatic heterocycles. The fourth-order valence-electron chi connectivity index (χ4n) is 2.00. The molecule has 112 valence electrons. The lowest BCUT2D eigenvalue weighted by molar-refractivity contribution is 0.117. The minimum atomic E-state index is 0.313. The second-order valence-corrected chi connectivity index (χ2v) is 4.69. The normalized spacial score (nSPS) is 19.7. The number of aliphatic imine (C=N–C) groups is 1. The van der Waals surface area contributed by atoms with Gasteiger partial charge < -0.3 is 20.1 Å². The van der Waals surface area contributed by atoms with Crippen LogP contribution in [-0.4, -0.2) is 51.5 Å². The maximum Gasteiger partial charge on any atom is 0.191 e. The first-order valence-electron chi connectivity index (χ1n) is 7.58. The Morgan fingerprint density at radius 3 is 2.89 bits per heavy atom. The lowest BCUT2D eigenvalue weighted by Crippen LogP contribution is -2.38. The van der Waals surface area contributed by atoms with Gasteiger partial charge >= 0.3 is 0 Å². The number of ether oxygens (including phenoxy) is 2. The Morgan fingerprint density at radius 1 is 1.32 bits per heavy atom.